The SMILES string of the molecule is CNCCNC(=O)c1cc2ccccc2[nH]1. The number of amides is 1. The van der Waals surface area contributed by atoms with Crippen molar-refractivity contribution in [2.24, 2.45) is 0 Å². The first kappa shape index (κ1) is 10.7. The topological polar surface area (TPSA) is 56.9 Å². The van der Waals surface area contributed by atoms with E-state index in [-0.39, 0.29) is 5.91 Å². The van der Waals surface area contributed by atoms with Crippen molar-refractivity contribution in [1.29, 1.82) is 0 Å². The lowest BCUT2D eigenvalue weighted by Gasteiger charge is -2.01. The highest BCUT2D eigenvalue weighted by Gasteiger charge is 2.07. The molecule has 2 aromatic rings. The Balaban J connectivity index is 2.11. The summed E-state index contributed by atoms with van der Waals surface area (Å²) in [6.07, 6.45) is 0. The smallest absolute Gasteiger partial charge is 0.267 e. The zero-order chi connectivity index (χ0) is 11.4. The molecule has 0 aliphatic carbocycles. The second-order valence-electron chi connectivity index (χ2n) is 3.63. The van der Waals surface area contributed by atoms with Crippen molar-refractivity contribution in [3.8, 4) is 0 Å². The lowest BCUT2D eigenvalue weighted by Crippen LogP contribution is -2.30. The minimum absolute atomic E-state index is 0.0635. The molecular formula is C12H15N3O. The van der Waals surface area contributed by atoms with E-state index in [1.807, 2.05) is 37.4 Å². The van der Waals surface area contributed by atoms with E-state index in [1.165, 1.54) is 0 Å². The van der Waals surface area contributed by atoms with E-state index in [0.29, 0.717) is 12.2 Å². The van der Waals surface area contributed by atoms with Gasteiger partial charge in [0, 0.05) is 24.0 Å². The van der Waals surface area contributed by atoms with E-state index in [9.17, 15) is 4.79 Å². The number of para-hydroxylation sites is 1. The van der Waals surface area contributed by atoms with Gasteiger partial charge in [-0.15, -0.1) is 0 Å². The third-order valence-electron chi connectivity index (χ3n) is 2.44. The van der Waals surface area contributed by atoms with Crippen molar-refractivity contribution < 1.29 is 4.79 Å². The third kappa shape index (κ3) is 2.23. The lowest BCUT2D eigenvalue weighted by molar-refractivity contribution is 0.0950. The molecular weight excluding hydrogens is 202 g/mol. The number of likely N-dealkylation sites (N-methyl/N-ethyl adjacent to an activating group) is 1. The molecule has 0 spiro atoms. The molecule has 0 aliphatic rings. The number of aromatic amines is 1. The fourth-order valence-electron chi connectivity index (χ4n) is 1.59. The predicted octanol–water partition coefficient (Wildman–Crippen LogP) is 1.12. The normalized spacial score (nSPS) is 10.6. The summed E-state index contributed by atoms with van der Waals surface area (Å²) in [6, 6.07) is 9.71. The van der Waals surface area contributed by atoms with Gasteiger partial charge in [-0.3, -0.25) is 4.79 Å². The summed E-state index contributed by atoms with van der Waals surface area (Å²) in [5.74, 6) is -0.0635. The Labute approximate surface area is 94.0 Å². The Bertz CT molecular complexity index is 457. The molecule has 0 saturated carbocycles. The first-order valence-corrected chi connectivity index (χ1v) is 5.32. The summed E-state index contributed by atoms with van der Waals surface area (Å²) in [5.41, 5.74) is 1.60. The van der Waals surface area contributed by atoms with E-state index in [2.05, 4.69) is 15.6 Å². The van der Waals surface area contributed by atoms with Crippen LogP contribution in [0.5, 0.6) is 0 Å². The van der Waals surface area contributed by atoms with Gasteiger partial charge in [-0.1, -0.05) is 18.2 Å². The second kappa shape index (κ2) is 4.81. The van der Waals surface area contributed by atoms with Crippen LogP contribution in [0, 0.1) is 0 Å². The highest BCUT2D eigenvalue weighted by Crippen LogP contribution is 2.14. The molecule has 0 atom stereocenters. The fourth-order valence-corrected chi connectivity index (χ4v) is 1.59. The molecule has 1 aromatic heterocycles. The van der Waals surface area contributed by atoms with Gasteiger partial charge in [0.15, 0.2) is 0 Å². The molecule has 1 aromatic carbocycles. The zero-order valence-electron chi connectivity index (χ0n) is 9.21. The van der Waals surface area contributed by atoms with Gasteiger partial charge in [0.05, 0.1) is 0 Å². The number of H-pyrrole nitrogens is 1. The second-order valence-corrected chi connectivity index (χ2v) is 3.63. The van der Waals surface area contributed by atoms with E-state index in [0.717, 1.165) is 17.4 Å². The minimum Gasteiger partial charge on any atom is -0.351 e. The molecule has 0 saturated heterocycles. The summed E-state index contributed by atoms with van der Waals surface area (Å²) >= 11 is 0. The standard InChI is InChI=1S/C12H15N3O/c1-13-6-7-14-12(16)11-8-9-4-2-3-5-10(9)15-11/h2-5,8,13,15H,6-7H2,1H3,(H,14,16). The Morgan fingerprint density at radius 3 is 2.88 bits per heavy atom. The van der Waals surface area contributed by atoms with Crippen LogP contribution in [0.25, 0.3) is 10.9 Å². The van der Waals surface area contributed by atoms with Gasteiger partial charge in [-0.05, 0) is 19.2 Å². The number of carbonyl (C=O) groups is 1. The van der Waals surface area contributed by atoms with Gasteiger partial charge in [-0.2, -0.15) is 0 Å². The molecule has 0 radical (unpaired) electrons. The molecule has 16 heavy (non-hydrogen) atoms. The quantitative estimate of drug-likeness (QED) is 0.672. The number of hydrogen-bond donors (Lipinski definition) is 3. The fraction of sp³-hybridized carbons (Fsp3) is 0.250. The molecule has 1 amide bonds. The number of aromatic nitrogens is 1. The van der Waals surface area contributed by atoms with E-state index in [4.69, 9.17) is 0 Å². The van der Waals surface area contributed by atoms with E-state index in [1.54, 1.807) is 0 Å². The average Bonchev–Trinajstić information content (AvgIpc) is 2.73. The maximum Gasteiger partial charge on any atom is 0.267 e. The van der Waals surface area contributed by atoms with Gasteiger partial charge in [0.25, 0.3) is 5.91 Å². The molecule has 0 fully saturated rings. The lowest BCUT2D eigenvalue weighted by atomic mass is 10.2. The molecule has 2 rings (SSSR count). The van der Waals surface area contributed by atoms with Crippen molar-refractivity contribution in [2.45, 2.75) is 0 Å². The molecule has 0 unspecified atom stereocenters. The van der Waals surface area contributed by atoms with Gasteiger partial charge >= 0.3 is 0 Å². The number of carbonyl (C=O) groups excluding carboxylic acids is 1. The van der Waals surface area contributed by atoms with Crippen molar-refractivity contribution in [2.75, 3.05) is 20.1 Å². The number of fused-ring (bicyclic) bond motifs is 1. The van der Waals surface area contributed by atoms with Crippen molar-refractivity contribution in [1.82, 2.24) is 15.6 Å². The van der Waals surface area contributed by atoms with E-state index >= 15 is 0 Å². The van der Waals surface area contributed by atoms with Crippen molar-refractivity contribution in [3.05, 3.63) is 36.0 Å². The third-order valence-corrected chi connectivity index (χ3v) is 2.44. The van der Waals surface area contributed by atoms with Crippen LogP contribution < -0.4 is 10.6 Å². The van der Waals surface area contributed by atoms with Gasteiger partial charge in [0.1, 0.15) is 5.69 Å². The van der Waals surface area contributed by atoms with Crippen LogP contribution in [0.2, 0.25) is 0 Å². The van der Waals surface area contributed by atoms with Crippen molar-refractivity contribution in [3.63, 3.8) is 0 Å². The summed E-state index contributed by atoms with van der Waals surface area (Å²) in [4.78, 5) is 14.8. The number of nitrogens with one attached hydrogen (secondary N) is 3. The molecule has 4 nitrogen and oxygen atoms in total. The van der Waals surface area contributed by atoms with Crippen LogP contribution in [-0.4, -0.2) is 31.0 Å². The molecule has 3 N–H and O–H groups in total. The summed E-state index contributed by atoms with van der Waals surface area (Å²) in [6.45, 7) is 1.40. The van der Waals surface area contributed by atoms with Crippen LogP contribution in [0.4, 0.5) is 0 Å². The number of rotatable bonds is 4. The number of benzene rings is 1. The summed E-state index contributed by atoms with van der Waals surface area (Å²) in [5, 5.41) is 6.86. The Hall–Kier alpha value is -1.81. The highest BCUT2D eigenvalue weighted by atomic mass is 16.1. The van der Waals surface area contributed by atoms with Gasteiger partial charge < -0.3 is 15.6 Å². The molecule has 1 heterocycles. The maximum absolute atomic E-state index is 11.7. The summed E-state index contributed by atoms with van der Waals surface area (Å²) < 4.78 is 0. The molecule has 4 heteroatoms. The Kier molecular flexibility index (Phi) is 3.22. The minimum atomic E-state index is -0.0635. The predicted molar refractivity (Wildman–Crippen MR) is 64.6 cm³/mol. The van der Waals surface area contributed by atoms with Gasteiger partial charge in [0.2, 0.25) is 0 Å². The van der Waals surface area contributed by atoms with Crippen LogP contribution in [0.15, 0.2) is 30.3 Å². The van der Waals surface area contributed by atoms with Gasteiger partial charge in [-0.25, -0.2) is 0 Å². The first-order chi connectivity index (χ1) is 7.81. The molecule has 84 valence electrons. The Morgan fingerprint density at radius 2 is 2.12 bits per heavy atom. The first-order valence-electron chi connectivity index (χ1n) is 5.32. The van der Waals surface area contributed by atoms with Crippen molar-refractivity contribution >= 4 is 16.8 Å². The monoisotopic (exact) mass is 217 g/mol. The highest BCUT2D eigenvalue weighted by molar-refractivity contribution is 5.97. The average molecular weight is 217 g/mol. The summed E-state index contributed by atoms with van der Waals surface area (Å²) in [7, 11) is 1.86. The number of hydrogen-bond acceptors (Lipinski definition) is 2. The van der Waals surface area contributed by atoms with E-state index < -0.39 is 0 Å². The largest absolute Gasteiger partial charge is 0.351 e. The zero-order valence-corrected chi connectivity index (χ0v) is 9.21. The van der Waals surface area contributed by atoms with Crippen LogP contribution >= 0.6 is 0 Å². The van der Waals surface area contributed by atoms with Crippen LogP contribution in [-0.2, 0) is 0 Å². The van der Waals surface area contributed by atoms with Crippen LogP contribution in [0.3, 0.4) is 0 Å². The molecule has 0 aliphatic heterocycles. The molecule has 0 bridgehead atoms. The van der Waals surface area contributed by atoms with Crippen LogP contribution in [0.1, 0.15) is 10.5 Å². The Morgan fingerprint density at radius 1 is 1.31 bits per heavy atom. The maximum atomic E-state index is 11.7.